The van der Waals surface area contributed by atoms with Crippen molar-refractivity contribution in [1.29, 1.82) is 0 Å². The van der Waals surface area contributed by atoms with E-state index in [1.807, 2.05) is 43.0 Å². The van der Waals surface area contributed by atoms with Gasteiger partial charge >= 0.3 is 0 Å². The molecule has 2 N–H and O–H groups in total. The summed E-state index contributed by atoms with van der Waals surface area (Å²) in [6.07, 6.45) is 1.27. The van der Waals surface area contributed by atoms with Crippen molar-refractivity contribution in [1.82, 2.24) is 4.90 Å². The van der Waals surface area contributed by atoms with Crippen LogP contribution in [0.1, 0.15) is 25.8 Å². The van der Waals surface area contributed by atoms with Crippen molar-refractivity contribution in [3.8, 4) is 5.75 Å². The smallest absolute Gasteiger partial charge is 0.223 e. The molecule has 0 atom stereocenters. The molecule has 0 aliphatic heterocycles. The van der Waals surface area contributed by atoms with E-state index in [4.69, 9.17) is 10.5 Å². The summed E-state index contributed by atoms with van der Waals surface area (Å²) in [5.41, 5.74) is 6.68. The van der Waals surface area contributed by atoms with Crippen LogP contribution in [-0.4, -0.2) is 37.0 Å². The molecule has 4 heteroatoms. The van der Waals surface area contributed by atoms with Crippen LogP contribution in [0.4, 0.5) is 0 Å². The Kier molecular flexibility index (Phi) is 6.36. The second-order valence-corrected chi connectivity index (χ2v) is 4.82. The van der Waals surface area contributed by atoms with Crippen LogP contribution >= 0.6 is 0 Å². The Hall–Kier alpha value is -1.55. The van der Waals surface area contributed by atoms with E-state index in [0.29, 0.717) is 19.5 Å². The first-order valence-corrected chi connectivity index (χ1v) is 6.71. The Morgan fingerprint density at radius 1 is 1.32 bits per heavy atom. The van der Waals surface area contributed by atoms with Gasteiger partial charge in [-0.05, 0) is 38.0 Å². The summed E-state index contributed by atoms with van der Waals surface area (Å²) in [6.45, 7) is 5.16. The third kappa shape index (κ3) is 4.91. The number of benzene rings is 1. The van der Waals surface area contributed by atoms with Crippen LogP contribution in [0, 0.1) is 0 Å². The monoisotopic (exact) mass is 264 g/mol. The Morgan fingerprint density at radius 3 is 2.42 bits per heavy atom. The molecule has 106 valence electrons. The topological polar surface area (TPSA) is 55.6 Å². The highest BCUT2D eigenvalue weighted by molar-refractivity contribution is 5.76. The predicted molar refractivity (Wildman–Crippen MR) is 77.2 cm³/mol. The largest absolute Gasteiger partial charge is 0.497 e. The minimum absolute atomic E-state index is 0.163. The number of methoxy groups -OCH3 is 1. The molecule has 0 fully saturated rings. The minimum atomic E-state index is 0.163. The second kappa shape index (κ2) is 7.79. The van der Waals surface area contributed by atoms with Gasteiger partial charge < -0.3 is 15.4 Å². The second-order valence-electron chi connectivity index (χ2n) is 4.82. The maximum absolute atomic E-state index is 12.1. The zero-order valence-electron chi connectivity index (χ0n) is 12.1. The van der Waals surface area contributed by atoms with Crippen molar-refractivity contribution in [2.75, 3.05) is 20.2 Å². The van der Waals surface area contributed by atoms with Gasteiger partial charge in [-0.1, -0.05) is 12.1 Å². The van der Waals surface area contributed by atoms with Crippen LogP contribution < -0.4 is 10.5 Å². The van der Waals surface area contributed by atoms with Gasteiger partial charge in [0.15, 0.2) is 0 Å². The Balaban J connectivity index is 2.52. The van der Waals surface area contributed by atoms with Gasteiger partial charge in [0.25, 0.3) is 0 Å². The standard InChI is InChI=1S/C15H24N2O2/c1-12(2)17(11-10-16)15(18)9-6-13-4-7-14(19-3)8-5-13/h4-5,7-8,12H,6,9-11,16H2,1-3H3. The van der Waals surface area contributed by atoms with Gasteiger partial charge in [0.1, 0.15) is 5.75 Å². The molecule has 19 heavy (non-hydrogen) atoms. The lowest BCUT2D eigenvalue weighted by molar-refractivity contribution is -0.132. The van der Waals surface area contributed by atoms with E-state index >= 15 is 0 Å². The molecule has 0 aromatic heterocycles. The number of nitrogens with zero attached hydrogens (tertiary/aromatic N) is 1. The third-order valence-electron chi connectivity index (χ3n) is 3.10. The van der Waals surface area contributed by atoms with Gasteiger partial charge in [-0.25, -0.2) is 0 Å². The number of amides is 1. The minimum Gasteiger partial charge on any atom is -0.497 e. The van der Waals surface area contributed by atoms with Gasteiger partial charge in [0.05, 0.1) is 7.11 Å². The number of hydrogen-bond donors (Lipinski definition) is 1. The Morgan fingerprint density at radius 2 is 1.95 bits per heavy atom. The number of ether oxygens (including phenoxy) is 1. The Labute approximate surface area is 115 Å². The van der Waals surface area contributed by atoms with Crippen molar-refractivity contribution >= 4 is 5.91 Å². The predicted octanol–water partition coefficient (Wildman–Crippen LogP) is 1.82. The van der Waals surface area contributed by atoms with Crippen LogP contribution in [0.15, 0.2) is 24.3 Å². The SMILES string of the molecule is COc1ccc(CCC(=O)N(CCN)C(C)C)cc1. The van der Waals surface area contributed by atoms with Crippen LogP contribution in [-0.2, 0) is 11.2 Å². The molecule has 0 saturated carbocycles. The quantitative estimate of drug-likeness (QED) is 0.817. The molecule has 0 spiro atoms. The van der Waals surface area contributed by atoms with Crippen LogP contribution in [0.25, 0.3) is 0 Å². The van der Waals surface area contributed by atoms with Crippen molar-refractivity contribution in [2.24, 2.45) is 5.73 Å². The van der Waals surface area contributed by atoms with Gasteiger partial charge in [-0.15, -0.1) is 0 Å². The summed E-state index contributed by atoms with van der Waals surface area (Å²) in [5, 5.41) is 0. The summed E-state index contributed by atoms with van der Waals surface area (Å²) >= 11 is 0. The van der Waals surface area contributed by atoms with Crippen molar-refractivity contribution in [3.63, 3.8) is 0 Å². The zero-order valence-corrected chi connectivity index (χ0v) is 12.1. The summed E-state index contributed by atoms with van der Waals surface area (Å²) in [7, 11) is 1.64. The molecule has 0 bridgehead atoms. The number of carbonyl (C=O) groups excluding carboxylic acids is 1. The van der Waals surface area contributed by atoms with E-state index in [-0.39, 0.29) is 11.9 Å². The fourth-order valence-electron chi connectivity index (χ4n) is 2.00. The normalized spacial score (nSPS) is 10.6. The van der Waals surface area contributed by atoms with E-state index in [0.717, 1.165) is 17.7 Å². The average molecular weight is 264 g/mol. The van der Waals surface area contributed by atoms with Gasteiger partial charge in [0.2, 0.25) is 5.91 Å². The number of carbonyl (C=O) groups is 1. The highest BCUT2D eigenvalue weighted by Crippen LogP contribution is 2.13. The molecule has 1 aromatic rings. The number of aryl methyl sites for hydroxylation is 1. The summed E-state index contributed by atoms with van der Waals surface area (Å²) < 4.78 is 5.11. The summed E-state index contributed by atoms with van der Waals surface area (Å²) in [4.78, 5) is 14.0. The highest BCUT2D eigenvalue weighted by atomic mass is 16.5. The van der Waals surface area contributed by atoms with Gasteiger partial charge in [-0.2, -0.15) is 0 Å². The highest BCUT2D eigenvalue weighted by Gasteiger charge is 2.15. The first kappa shape index (κ1) is 15.5. The number of rotatable bonds is 7. The lowest BCUT2D eigenvalue weighted by Gasteiger charge is -2.26. The molecule has 0 saturated heterocycles. The molecule has 1 aromatic carbocycles. The molecule has 0 aliphatic carbocycles. The fourth-order valence-corrected chi connectivity index (χ4v) is 2.00. The summed E-state index contributed by atoms with van der Waals surface area (Å²) in [6, 6.07) is 8.02. The van der Waals surface area contributed by atoms with E-state index in [2.05, 4.69) is 0 Å². The zero-order chi connectivity index (χ0) is 14.3. The van der Waals surface area contributed by atoms with E-state index in [9.17, 15) is 4.79 Å². The van der Waals surface area contributed by atoms with Crippen molar-refractivity contribution in [2.45, 2.75) is 32.7 Å². The molecule has 0 heterocycles. The van der Waals surface area contributed by atoms with Gasteiger partial charge in [-0.3, -0.25) is 4.79 Å². The molecule has 1 rings (SSSR count). The van der Waals surface area contributed by atoms with E-state index < -0.39 is 0 Å². The molecule has 1 amide bonds. The lowest BCUT2D eigenvalue weighted by Crippen LogP contribution is -2.40. The molecule has 0 radical (unpaired) electrons. The van der Waals surface area contributed by atoms with Crippen molar-refractivity contribution in [3.05, 3.63) is 29.8 Å². The number of nitrogens with two attached hydrogens (primary N) is 1. The average Bonchev–Trinajstić information content (AvgIpc) is 2.42. The first-order chi connectivity index (χ1) is 9.08. The molecule has 0 unspecified atom stereocenters. The summed E-state index contributed by atoms with van der Waals surface area (Å²) in [5.74, 6) is 0.998. The first-order valence-electron chi connectivity index (χ1n) is 6.71. The molecule has 0 aliphatic rings. The lowest BCUT2D eigenvalue weighted by atomic mass is 10.1. The number of hydrogen-bond acceptors (Lipinski definition) is 3. The third-order valence-corrected chi connectivity index (χ3v) is 3.10. The van der Waals surface area contributed by atoms with Crippen molar-refractivity contribution < 1.29 is 9.53 Å². The Bertz CT molecular complexity index is 388. The van der Waals surface area contributed by atoms with Crippen LogP contribution in [0.2, 0.25) is 0 Å². The maximum Gasteiger partial charge on any atom is 0.223 e. The maximum atomic E-state index is 12.1. The fraction of sp³-hybridized carbons (Fsp3) is 0.533. The van der Waals surface area contributed by atoms with E-state index in [1.54, 1.807) is 7.11 Å². The molecular weight excluding hydrogens is 240 g/mol. The molecular formula is C15H24N2O2. The van der Waals surface area contributed by atoms with Crippen LogP contribution in [0.5, 0.6) is 5.75 Å². The van der Waals surface area contributed by atoms with Gasteiger partial charge in [0, 0.05) is 25.6 Å². The molecule has 4 nitrogen and oxygen atoms in total. The van der Waals surface area contributed by atoms with E-state index in [1.165, 1.54) is 0 Å². The van der Waals surface area contributed by atoms with Crippen LogP contribution in [0.3, 0.4) is 0 Å².